The van der Waals surface area contributed by atoms with Gasteiger partial charge < -0.3 is 4.57 Å². The van der Waals surface area contributed by atoms with Crippen molar-refractivity contribution in [3.63, 3.8) is 0 Å². The van der Waals surface area contributed by atoms with Crippen LogP contribution in [0.5, 0.6) is 0 Å². The Hall–Kier alpha value is -4.73. The maximum atomic E-state index is 13.3. The predicted octanol–water partition coefficient (Wildman–Crippen LogP) is 10.1. The minimum atomic E-state index is 0.0856. The Morgan fingerprint density at radius 3 is 1.77 bits per heavy atom. The Morgan fingerprint density at radius 1 is 0.475 bits per heavy atom. The van der Waals surface area contributed by atoms with Crippen LogP contribution in [0.25, 0.3) is 60.9 Å². The molecule has 3 heteroatoms. The zero-order chi connectivity index (χ0) is 26.8. The monoisotopic (exact) mass is 575 g/mol. The Morgan fingerprint density at radius 2 is 1.05 bits per heavy atom. The van der Waals surface area contributed by atoms with E-state index in [0.717, 1.165) is 49.1 Å². The third-order valence-electron chi connectivity index (χ3n) is 8.01. The van der Waals surface area contributed by atoms with Gasteiger partial charge in [-0.3, -0.25) is 4.79 Å². The molecular formula is C37H22BrNO. The second-order valence-electron chi connectivity index (χ2n) is 10.2. The van der Waals surface area contributed by atoms with Crippen LogP contribution in [0.4, 0.5) is 0 Å². The average molecular weight is 576 g/mol. The van der Waals surface area contributed by atoms with Gasteiger partial charge in [-0.05, 0) is 64.7 Å². The van der Waals surface area contributed by atoms with E-state index >= 15 is 0 Å². The van der Waals surface area contributed by atoms with Gasteiger partial charge in [-0.15, -0.1) is 0 Å². The molecule has 8 rings (SSSR count). The van der Waals surface area contributed by atoms with E-state index in [0.29, 0.717) is 0 Å². The summed E-state index contributed by atoms with van der Waals surface area (Å²) in [6.45, 7) is 0. The maximum Gasteiger partial charge on any atom is 0.194 e. The second kappa shape index (κ2) is 8.90. The standard InChI is InChI=1S/C37H22BrNO/c38-32-16-8-15-29-36(32)35-27(13-7-14-28(35)37(29)40)25-18-20-34-31(22-25)30-21-24(23-9-3-1-4-10-23)17-19-33(30)39(34)26-11-5-2-6-12-26/h1-22H. The van der Waals surface area contributed by atoms with Crippen molar-refractivity contribution >= 4 is 43.5 Å². The molecule has 0 fully saturated rings. The fourth-order valence-electron chi connectivity index (χ4n) is 6.22. The molecule has 0 unspecified atom stereocenters. The molecule has 188 valence electrons. The number of rotatable bonds is 3. The highest BCUT2D eigenvalue weighted by molar-refractivity contribution is 9.10. The van der Waals surface area contributed by atoms with Crippen LogP contribution in [0.2, 0.25) is 0 Å². The van der Waals surface area contributed by atoms with Crippen molar-refractivity contribution in [3.05, 3.63) is 149 Å². The van der Waals surface area contributed by atoms with Crippen LogP contribution in [0.3, 0.4) is 0 Å². The summed E-state index contributed by atoms with van der Waals surface area (Å²) in [7, 11) is 0. The molecule has 40 heavy (non-hydrogen) atoms. The number of hydrogen-bond donors (Lipinski definition) is 0. The molecule has 6 aromatic carbocycles. The lowest BCUT2D eigenvalue weighted by Gasteiger charge is -2.12. The highest BCUT2D eigenvalue weighted by atomic mass is 79.9. The van der Waals surface area contributed by atoms with Crippen molar-refractivity contribution < 1.29 is 4.79 Å². The van der Waals surface area contributed by atoms with Crippen LogP contribution >= 0.6 is 15.9 Å². The molecule has 0 spiro atoms. The Bertz CT molecular complexity index is 2120. The van der Waals surface area contributed by atoms with E-state index in [1.165, 1.54) is 27.4 Å². The summed E-state index contributed by atoms with van der Waals surface area (Å²) < 4.78 is 3.28. The molecule has 1 aliphatic rings. The van der Waals surface area contributed by atoms with Crippen LogP contribution < -0.4 is 0 Å². The summed E-state index contributed by atoms with van der Waals surface area (Å²) in [6, 6.07) is 46.4. The average Bonchev–Trinajstić information content (AvgIpc) is 3.50. The van der Waals surface area contributed by atoms with E-state index in [2.05, 4.69) is 124 Å². The lowest BCUT2D eigenvalue weighted by molar-refractivity contribution is 0.104. The van der Waals surface area contributed by atoms with Crippen LogP contribution in [-0.4, -0.2) is 10.4 Å². The first-order chi connectivity index (χ1) is 19.7. The normalized spacial score (nSPS) is 12.2. The van der Waals surface area contributed by atoms with Gasteiger partial charge in [-0.2, -0.15) is 0 Å². The number of ketones is 1. The quantitative estimate of drug-likeness (QED) is 0.205. The van der Waals surface area contributed by atoms with E-state index in [4.69, 9.17) is 0 Å². The molecule has 0 amide bonds. The first-order valence-corrected chi connectivity index (χ1v) is 14.1. The van der Waals surface area contributed by atoms with Gasteiger partial charge in [0.25, 0.3) is 0 Å². The lowest BCUT2D eigenvalue weighted by atomic mass is 9.93. The summed E-state index contributed by atoms with van der Waals surface area (Å²) in [5.41, 5.74) is 11.5. The van der Waals surface area contributed by atoms with Gasteiger partial charge in [0.05, 0.1) is 11.0 Å². The van der Waals surface area contributed by atoms with Crippen molar-refractivity contribution in [2.24, 2.45) is 0 Å². The number of carbonyl (C=O) groups excluding carboxylic acids is 1. The van der Waals surface area contributed by atoms with E-state index in [1.807, 2.05) is 30.3 Å². The van der Waals surface area contributed by atoms with Gasteiger partial charge in [0.1, 0.15) is 0 Å². The fraction of sp³-hybridized carbons (Fsp3) is 0. The highest BCUT2D eigenvalue weighted by Gasteiger charge is 2.30. The first-order valence-electron chi connectivity index (χ1n) is 13.3. The predicted molar refractivity (Wildman–Crippen MR) is 168 cm³/mol. The maximum absolute atomic E-state index is 13.3. The molecule has 0 N–H and O–H groups in total. The van der Waals surface area contributed by atoms with Gasteiger partial charge in [-0.25, -0.2) is 0 Å². The van der Waals surface area contributed by atoms with E-state index < -0.39 is 0 Å². The van der Waals surface area contributed by atoms with Gasteiger partial charge >= 0.3 is 0 Å². The number of hydrogen-bond acceptors (Lipinski definition) is 1. The van der Waals surface area contributed by atoms with E-state index in [9.17, 15) is 4.79 Å². The molecule has 2 nitrogen and oxygen atoms in total. The summed E-state index contributed by atoms with van der Waals surface area (Å²) in [5.74, 6) is 0.0856. The third-order valence-corrected chi connectivity index (χ3v) is 8.68. The van der Waals surface area contributed by atoms with Crippen LogP contribution in [-0.2, 0) is 0 Å². The Balaban J connectivity index is 1.42. The highest BCUT2D eigenvalue weighted by Crippen LogP contribution is 2.47. The van der Waals surface area contributed by atoms with Gasteiger partial charge in [-0.1, -0.05) is 107 Å². The van der Waals surface area contributed by atoms with Crippen molar-refractivity contribution in [1.29, 1.82) is 0 Å². The van der Waals surface area contributed by atoms with Gasteiger partial charge in [0.15, 0.2) is 5.78 Å². The third kappa shape index (κ3) is 3.38. The van der Waals surface area contributed by atoms with Crippen molar-refractivity contribution in [3.8, 4) is 39.1 Å². The van der Waals surface area contributed by atoms with Crippen molar-refractivity contribution in [1.82, 2.24) is 4.57 Å². The zero-order valence-electron chi connectivity index (χ0n) is 21.4. The minimum Gasteiger partial charge on any atom is -0.309 e. The number of fused-ring (bicyclic) bond motifs is 6. The zero-order valence-corrected chi connectivity index (χ0v) is 23.0. The summed E-state index contributed by atoms with van der Waals surface area (Å²) >= 11 is 3.73. The van der Waals surface area contributed by atoms with Crippen molar-refractivity contribution in [2.45, 2.75) is 0 Å². The Labute approximate surface area is 240 Å². The molecule has 0 aliphatic heterocycles. The molecular weight excluding hydrogens is 554 g/mol. The Kier molecular flexibility index (Phi) is 5.16. The van der Waals surface area contributed by atoms with E-state index in [1.54, 1.807) is 0 Å². The lowest BCUT2D eigenvalue weighted by Crippen LogP contribution is -1.94. The van der Waals surface area contributed by atoms with Crippen molar-refractivity contribution in [2.75, 3.05) is 0 Å². The molecule has 7 aromatic rings. The molecule has 0 atom stereocenters. The number of para-hydroxylation sites is 1. The summed E-state index contributed by atoms with van der Waals surface area (Å²) in [5, 5.41) is 2.38. The number of benzene rings is 6. The molecule has 1 aromatic heterocycles. The molecule has 1 heterocycles. The second-order valence-corrected chi connectivity index (χ2v) is 11.1. The van der Waals surface area contributed by atoms with Gasteiger partial charge in [0.2, 0.25) is 0 Å². The number of carbonyl (C=O) groups is 1. The van der Waals surface area contributed by atoms with Crippen LogP contribution in [0, 0.1) is 0 Å². The topological polar surface area (TPSA) is 22.0 Å². The molecule has 0 saturated carbocycles. The molecule has 0 saturated heterocycles. The number of halogens is 1. The fourth-order valence-corrected chi connectivity index (χ4v) is 6.78. The molecule has 0 radical (unpaired) electrons. The smallest absolute Gasteiger partial charge is 0.194 e. The largest absolute Gasteiger partial charge is 0.309 e. The number of nitrogens with zero attached hydrogens (tertiary/aromatic N) is 1. The molecule has 0 bridgehead atoms. The SMILES string of the molecule is O=C1c2cccc(Br)c2-c2c1cccc2-c1ccc2c(c1)c1cc(-c3ccccc3)ccc1n2-c1ccccc1. The van der Waals surface area contributed by atoms with E-state index in [-0.39, 0.29) is 5.78 Å². The molecule has 1 aliphatic carbocycles. The van der Waals surface area contributed by atoms with Crippen LogP contribution in [0.1, 0.15) is 15.9 Å². The summed E-state index contributed by atoms with van der Waals surface area (Å²) in [6.07, 6.45) is 0. The summed E-state index contributed by atoms with van der Waals surface area (Å²) in [4.78, 5) is 13.3. The first kappa shape index (κ1) is 23.2. The van der Waals surface area contributed by atoms with Crippen LogP contribution in [0.15, 0.2) is 138 Å². The number of aromatic nitrogens is 1. The van der Waals surface area contributed by atoms with Gasteiger partial charge in [0, 0.05) is 43.2 Å². The minimum absolute atomic E-state index is 0.0856.